The number of hydrogen-bond acceptors (Lipinski definition) is 4. The predicted octanol–water partition coefficient (Wildman–Crippen LogP) is 4.05. The summed E-state index contributed by atoms with van der Waals surface area (Å²) in [7, 11) is 4.14. The van der Waals surface area contributed by atoms with Crippen molar-refractivity contribution in [3.63, 3.8) is 0 Å². The summed E-state index contributed by atoms with van der Waals surface area (Å²) in [5.74, 6) is 1.02. The standard InChI is InChI=1S/C22H28N4O/c1-16-6-4-7-17(14-16)15-23-21-22(10-12-27-13-11-22)25-18-8-5-9-19(26(2)3)20(18)24-21/h4-9,14,25H,10-13,15H2,1-3H3,(H,23,24). The van der Waals surface area contributed by atoms with Crippen LogP contribution in [0.15, 0.2) is 47.5 Å². The largest absolute Gasteiger partial charge is 0.381 e. The van der Waals surface area contributed by atoms with Gasteiger partial charge < -0.3 is 20.3 Å². The number of para-hydroxylation sites is 1. The number of hydrogen-bond donors (Lipinski definition) is 2. The molecule has 0 atom stereocenters. The Balaban J connectivity index is 1.72. The van der Waals surface area contributed by atoms with Gasteiger partial charge in [0.1, 0.15) is 5.84 Å². The number of nitrogens with one attached hydrogen (secondary N) is 2. The van der Waals surface area contributed by atoms with Gasteiger partial charge in [-0.1, -0.05) is 35.9 Å². The second-order valence-electron chi connectivity index (χ2n) is 7.69. The van der Waals surface area contributed by atoms with Crippen molar-refractivity contribution in [3.05, 3.63) is 53.6 Å². The zero-order valence-electron chi connectivity index (χ0n) is 16.4. The first-order valence-electron chi connectivity index (χ1n) is 9.61. The summed E-state index contributed by atoms with van der Waals surface area (Å²) < 4.78 is 5.64. The van der Waals surface area contributed by atoms with Gasteiger partial charge in [-0.15, -0.1) is 0 Å². The molecule has 2 aliphatic rings. The Kier molecular flexibility index (Phi) is 4.79. The van der Waals surface area contributed by atoms with Gasteiger partial charge in [0.25, 0.3) is 0 Å². The van der Waals surface area contributed by atoms with Gasteiger partial charge in [0.05, 0.1) is 29.1 Å². The van der Waals surface area contributed by atoms with Crippen LogP contribution in [-0.2, 0) is 11.3 Å². The molecule has 0 amide bonds. The van der Waals surface area contributed by atoms with Gasteiger partial charge in [-0.25, -0.2) is 0 Å². The summed E-state index contributed by atoms with van der Waals surface area (Å²) in [6.45, 7) is 4.30. The van der Waals surface area contributed by atoms with E-state index in [9.17, 15) is 0 Å². The van der Waals surface area contributed by atoms with Gasteiger partial charge in [0.15, 0.2) is 0 Å². The number of fused-ring (bicyclic) bond motifs is 1. The van der Waals surface area contributed by atoms with Crippen LogP contribution in [-0.4, -0.2) is 38.7 Å². The van der Waals surface area contributed by atoms with Crippen molar-refractivity contribution < 1.29 is 4.74 Å². The summed E-state index contributed by atoms with van der Waals surface area (Å²) in [5, 5.41) is 7.49. The van der Waals surface area contributed by atoms with Crippen LogP contribution < -0.4 is 15.5 Å². The van der Waals surface area contributed by atoms with Crippen LogP contribution in [0, 0.1) is 6.92 Å². The normalized spacial score (nSPS) is 19.3. The average Bonchev–Trinajstić information content (AvgIpc) is 2.66. The Bertz CT molecular complexity index is 853. The fourth-order valence-corrected chi connectivity index (χ4v) is 3.96. The van der Waals surface area contributed by atoms with E-state index in [2.05, 4.69) is 79.0 Å². The fourth-order valence-electron chi connectivity index (χ4n) is 3.96. The lowest BCUT2D eigenvalue weighted by molar-refractivity contribution is 0.0778. The molecule has 0 bridgehead atoms. The average molecular weight is 364 g/mol. The first-order chi connectivity index (χ1) is 13.1. The molecule has 1 spiro atoms. The van der Waals surface area contributed by atoms with E-state index >= 15 is 0 Å². The van der Waals surface area contributed by atoms with Gasteiger partial charge in [0, 0.05) is 40.2 Å². The van der Waals surface area contributed by atoms with Crippen LogP contribution >= 0.6 is 0 Å². The van der Waals surface area contributed by atoms with Crippen molar-refractivity contribution in [2.45, 2.75) is 31.8 Å². The summed E-state index contributed by atoms with van der Waals surface area (Å²) in [6.07, 6.45) is 1.83. The van der Waals surface area contributed by atoms with Crippen LogP contribution in [0.2, 0.25) is 0 Å². The van der Waals surface area contributed by atoms with Crippen molar-refractivity contribution in [2.75, 3.05) is 42.8 Å². The smallest absolute Gasteiger partial charge is 0.127 e. The molecule has 0 unspecified atom stereocenters. The lowest BCUT2D eigenvalue weighted by atomic mass is 9.85. The predicted molar refractivity (Wildman–Crippen MR) is 113 cm³/mol. The SMILES string of the molecule is Cc1cccc(CN=C2Nc3c(cccc3N(C)C)NC23CCOCC3)c1. The second-order valence-corrected chi connectivity index (χ2v) is 7.69. The molecule has 27 heavy (non-hydrogen) atoms. The van der Waals surface area contributed by atoms with E-state index in [1.165, 1.54) is 11.1 Å². The highest BCUT2D eigenvalue weighted by Gasteiger charge is 2.42. The number of rotatable bonds is 3. The van der Waals surface area contributed by atoms with Crippen molar-refractivity contribution in [3.8, 4) is 0 Å². The van der Waals surface area contributed by atoms with Crippen molar-refractivity contribution in [1.29, 1.82) is 0 Å². The number of ether oxygens (including phenoxy) is 1. The van der Waals surface area contributed by atoms with Crippen molar-refractivity contribution in [1.82, 2.24) is 0 Å². The Hall–Kier alpha value is -2.53. The summed E-state index contributed by atoms with van der Waals surface area (Å²) in [5.41, 5.74) is 5.71. The molecular formula is C22H28N4O. The van der Waals surface area contributed by atoms with E-state index in [1.54, 1.807) is 0 Å². The zero-order valence-corrected chi connectivity index (χ0v) is 16.4. The van der Waals surface area contributed by atoms with Crippen LogP contribution in [0.25, 0.3) is 0 Å². The lowest BCUT2D eigenvalue weighted by Crippen LogP contribution is -2.55. The Morgan fingerprint density at radius 3 is 2.63 bits per heavy atom. The monoisotopic (exact) mass is 364 g/mol. The Morgan fingerprint density at radius 1 is 1.11 bits per heavy atom. The van der Waals surface area contributed by atoms with Crippen LogP contribution in [0.4, 0.5) is 17.1 Å². The molecule has 5 heteroatoms. The Labute approximate surface area is 161 Å². The van der Waals surface area contributed by atoms with Crippen LogP contribution in [0.3, 0.4) is 0 Å². The zero-order chi connectivity index (χ0) is 18.9. The van der Waals surface area contributed by atoms with E-state index in [-0.39, 0.29) is 5.54 Å². The minimum absolute atomic E-state index is 0.181. The maximum atomic E-state index is 5.64. The molecule has 0 saturated carbocycles. The number of aryl methyl sites for hydroxylation is 1. The highest BCUT2D eigenvalue weighted by atomic mass is 16.5. The van der Waals surface area contributed by atoms with Crippen molar-refractivity contribution >= 4 is 22.9 Å². The minimum Gasteiger partial charge on any atom is -0.381 e. The summed E-state index contributed by atoms with van der Waals surface area (Å²) >= 11 is 0. The number of nitrogens with zero attached hydrogens (tertiary/aromatic N) is 2. The van der Waals surface area contributed by atoms with E-state index < -0.39 is 0 Å². The van der Waals surface area contributed by atoms with Crippen LogP contribution in [0.5, 0.6) is 0 Å². The number of anilines is 3. The van der Waals surface area contributed by atoms with E-state index in [0.29, 0.717) is 6.54 Å². The first kappa shape index (κ1) is 17.9. The molecule has 142 valence electrons. The summed E-state index contributed by atoms with van der Waals surface area (Å²) in [4.78, 5) is 7.17. The molecule has 2 aromatic rings. The maximum absolute atomic E-state index is 5.64. The third-order valence-electron chi connectivity index (χ3n) is 5.44. The quantitative estimate of drug-likeness (QED) is 0.863. The molecule has 1 fully saturated rings. The van der Waals surface area contributed by atoms with Gasteiger partial charge in [-0.05, 0) is 24.6 Å². The molecule has 2 N–H and O–H groups in total. The number of amidine groups is 1. The fraction of sp³-hybridized carbons (Fsp3) is 0.409. The van der Waals surface area contributed by atoms with Gasteiger partial charge in [-0.3, -0.25) is 4.99 Å². The molecule has 2 aromatic carbocycles. The molecule has 4 rings (SSSR count). The van der Waals surface area contributed by atoms with Gasteiger partial charge in [0.2, 0.25) is 0 Å². The lowest BCUT2D eigenvalue weighted by Gasteiger charge is -2.44. The van der Waals surface area contributed by atoms with Crippen molar-refractivity contribution in [2.24, 2.45) is 4.99 Å². The molecule has 5 nitrogen and oxygen atoms in total. The molecule has 0 aliphatic carbocycles. The molecule has 1 saturated heterocycles. The third-order valence-corrected chi connectivity index (χ3v) is 5.44. The van der Waals surface area contributed by atoms with E-state index in [1.807, 2.05) is 0 Å². The molecule has 2 aliphatic heterocycles. The first-order valence-corrected chi connectivity index (χ1v) is 9.61. The third kappa shape index (κ3) is 3.52. The van der Waals surface area contributed by atoms with E-state index in [0.717, 1.165) is 49.0 Å². The number of benzene rings is 2. The number of aliphatic imine (C=N–C) groups is 1. The maximum Gasteiger partial charge on any atom is 0.127 e. The topological polar surface area (TPSA) is 48.9 Å². The van der Waals surface area contributed by atoms with Crippen LogP contribution in [0.1, 0.15) is 24.0 Å². The molecule has 2 heterocycles. The molecule has 0 aromatic heterocycles. The minimum atomic E-state index is -0.181. The van der Waals surface area contributed by atoms with E-state index in [4.69, 9.17) is 9.73 Å². The Morgan fingerprint density at radius 2 is 1.89 bits per heavy atom. The molecular weight excluding hydrogens is 336 g/mol. The highest BCUT2D eigenvalue weighted by molar-refractivity contribution is 6.12. The summed E-state index contributed by atoms with van der Waals surface area (Å²) in [6, 6.07) is 14.9. The van der Waals surface area contributed by atoms with Gasteiger partial charge in [-0.2, -0.15) is 0 Å². The molecule has 0 radical (unpaired) electrons. The second kappa shape index (κ2) is 7.24. The highest BCUT2D eigenvalue weighted by Crippen LogP contribution is 2.41. The van der Waals surface area contributed by atoms with Gasteiger partial charge >= 0.3 is 0 Å².